The zero-order chi connectivity index (χ0) is 15.5. The Morgan fingerprint density at radius 1 is 1.33 bits per heavy atom. The average Bonchev–Trinajstić information content (AvgIpc) is 2.48. The van der Waals surface area contributed by atoms with Crippen LogP contribution in [0, 0.1) is 0 Å². The number of carbonyl (C=O) groups excluding carboxylic acids is 1. The highest BCUT2D eigenvalue weighted by Crippen LogP contribution is 2.17. The first kappa shape index (κ1) is 15.9. The van der Waals surface area contributed by atoms with Crippen LogP contribution in [-0.2, 0) is 10.3 Å². The van der Waals surface area contributed by atoms with Gasteiger partial charge in [-0.25, -0.2) is 0 Å². The molecule has 1 aliphatic rings. The normalized spacial score (nSPS) is 23.5. The van der Waals surface area contributed by atoms with E-state index in [4.69, 9.17) is 5.73 Å². The van der Waals surface area contributed by atoms with Gasteiger partial charge in [0.05, 0.1) is 0 Å². The van der Waals surface area contributed by atoms with E-state index in [1.165, 1.54) is 0 Å². The molecular formula is C16H26N4O. The number of nitrogens with zero attached hydrogens (tertiary/aromatic N) is 2. The summed E-state index contributed by atoms with van der Waals surface area (Å²) in [5.41, 5.74) is 6.05. The van der Waals surface area contributed by atoms with E-state index in [0.717, 1.165) is 25.2 Å². The second kappa shape index (κ2) is 6.56. The number of likely N-dealkylation sites (N-methyl/N-ethyl adjacent to an activating group) is 2. The van der Waals surface area contributed by atoms with Crippen molar-refractivity contribution in [3.05, 3.63) is 35.9 Å². The SMILES string of the molecule is CN1CCN(C)C(CNC(=O)C(C)(N)c2ccccc2)C1. The Hall–Kier alpha value is -1.43. The minimum Gasteiger partial charge on any atom is -0.353 e. The van der Waals surface area contributed by atoms with Gasteiger partial charge in [0.15, 0.2) is 0 Å². The molecule has 1 saturated heterocycles. The molecule has 21 heavy (non-hydrogen) atoms. The molecule has 1 aliphatic heterocycles. The van der Waals surface area contributed by atoms with Gasteiger partial charge in [0, 0.05) is 32.2 Å². The molecule has 1 aromatic rings. The van der Waals surface area contributed by atoms with Crippen molar-refractivity contribution in [2.45, 2.75) is 18.5 Å². The molecule has 1 heterocycles. The lowest BCUT2D eigenvalue weighted by Gasteiger charge is -2.38. The highest BCUT2D eigenvalue weighted by atomic mass is 16.2. The largest absolute Gasteiger partial charge is 0.353 e. The van der Waals surface area contributed by atoms with Crippen molar-refractivity contribution in [1.29, 1.82) is 0 Å². The molecular weight excluding hydrogens is 264 g/mol. The van der Waals surface area contributed by atoms with Gasteiger partial charge in [0.1, 0.15) is 5.54 Å². The zero-order valence-electron chi connectivity index (χ0n) is 13.2. The van der Waals surface area contributed by atoms with E-state index in [1.807, 2.05) is 30.3 Å². The molecule has 0 saturated carbocycles. The number of rotatable bonds is 4. The van der Waals surface area contributed by atoms with Crippen molar-refractivity contribution in [2.24, 2.45) is 5.73 Å². The van der Waals surface area contributed by atoms with Crippen molar-refractivity contribution < 1.29 is 4.79 Å². The van der Waals surface area contributed by atoms with Gasteiger partial charge >= 0.3 is 0 Å². The summed E-state index contributed by atoms with van der Waals surface area (Å²) in [6, 6.07) is 9.83. The second-order valence-corrected chi connectivity index (χ2v) is 6.18. The molecule has 5 nitrogen and oxygen atoms in total. The summed E-state index contributed by atoms with van der Waals surface area (Å²) < 4.78 is 0. The fourth-order valence-corrected chi connectivity index (χ4v) is 2.63. The first-order valence-electron chi connectivity index (χ1n) is 7.42. The number of piperazine rings is 1. The summed E-state index contributed by atoms with van der Waals surface area (Å²) in [6.45, 7) is 5.44. The lowest BCUT2D eigenvalue weighted by Crippen LogP contribution is -2.57. The summed E-state index contributed by atoms with van der Waals surface area (Å²) in [6.07, 6.45) is 0. The van der Waals surface area contributed by atoms with Crippen LogP contribution in [0.3, 0.4) is 0 Å². The van der Waals surface area contributed by atoms with Crippen LogP contribution >= 0.6 is 0 Å². The Morgan fingerprint density at radius 2 is 2.00 bits per heavy atom. The van der Waals surface area contributed by atoms with Gasteiger partial charge in [-0.15, -0.1) is 0 Å². The van der Waals surface area contributed by atoms with Gasteiger partial charge in [0.25, 0.3) is 0 Å². The summed E-state index contributed by atoms with van der Waals surface area (Å²) in [5.74, 6) is -0.129. The Balaban J connectivity index is 1.95. The summed E-state index contributed by atoms with van der Waals surface area (Å²) in [5, 5.41) is 3.01. The molecule has 2 atom stereocenters. The van der Waals surface area contributed by atoms with Crippen molar-refractivity contribution in [3.8, 4) is 0 Å². The highest BCUT2D eigenvalue weighted by molar-refractivity contribution is 5.87. The third-order valence-electron chi connectivity index (χ3n) is 4.32. The third kappa shape index (κ3) is 3.81. The number of hydrogen-bond acceptors (Lipinski definition) is 4. The van der Waals surface area contributed by atoms with E-state index in [0.29, 0.717) is 12.6 Å². The standard InChI is InChI=1S/C16H26N4O/c1-16(17,13-7-5-4-6-8-13)15(21)18-11-14-12-19(2)9-10-20(14)3/h4-8,14H,9-12,17H2,1-3H3,(H,18,21). The number of hydrogen-bond donors (Lipinski definition) is 2. The number of nitrogens with two attached hydrogens (primary N) is 1. The van der Waals surface area contributed by atoms with Crippen molar-refractivity contribution in [1.82, 2.24) is 15.1 Å². The van der Waals surface area contributed by atoms with E-state index < -0.39 is 5.54 Å². The van der Waals surface area contributed by atoms with E-state index >= 15 is 0 Å². The molecule has 0 spiro atoms. The molecule has 1 aromatic carbocycles. The van der Waals surface area contributed by atoms with Gasteiger partial charge in [-0.3, -0.25) is 9.69 Å². The summed E-state index contributed by atoms with van der Waals surface area (Å²) in [4.78, 5) is 17.0. The van der Waals surface area contributed by atoms with Crippen molar-refractivity contribution in [2.75, 3.05) is 40.3 Å². The van der Waals surface area contributed by atoms with Crippen LogP contribution in [0.4, 0.5) is 0 Å². The van der Waals surface area contributed by atoms with Crippen LogP contribution in [0.15, 0.2) is 30.3 Å². The zero-order valence-corrected chi connectivity index (χ0v) is 13.2. The number of benzene rings is 1. The first-order chi connectivity index (χ1) is 9.91. The van der Waals surface area contributed by atoms with Gasteiger partial charge in [0.2, 0.25) is 5.91 Å². The lowest BCUT2D eigenvalue weighted by molar-refractivity contribution is -0.126. The van der Waals surface area contributed by atoms with Gasteiger partial charge in [-0.05, 0) is 26.6 Å². The fraction of sp³-hybridized carbons (Fsp3) is 0.562. The summed E-state index contributed by atoms with van der Waals surface area (Å²) >= 11 is 0. The maximum Gasteiger partial charge on any atom is 0.244 e. The van der Waals surface area contributed by atoms with Crippen LogP contribution in [0.5, 0.6) is 0 Å². The Morgan fingerprint density at radius 3 is 2.67 bits per heavy atom. The third-order valence-corrected chi connectivity index (χ3v) is 4.32. The summed E-state index contributed by atoms with van der Waals surface area (Å²) in [7, 11) is 4.21. The molecule has 0 bridgehead atoms. The van der Waals surface area contributed by atoms with Crippen molar-refractivity contribution in [3.63, 3.8) is 0 Å². The quantitative estimate of drug-likeness (QED) is 0.833. The van der Waals surface area contributed by atoms with Crippen LogP contribution in [0.2, 0.25) is 0 Å². The Kier molecular flexibility index (Phi) is 4.98. The fourth-order valence-electron chi connectivity index (χ4n) is 2.63. The molecule has 2 unspecified atom stereocenters. The van der Waals surface area contributed by atoms with Crippen molar-refractivity contribution >= 4 is 5.91 Å². The second-order valence-electron chi connectivity index (χ2n) is 6.18. The topological polar surface area (TPSA) is 61.6 Å². The number of amides is 1. The molecule has 1 fully saturated rings. The first-order valence-corrected chi connectivity index (χ1v) is 7.42. The van der Waals surface area contributed by atoms with Crippen LogP contribution < -0.4 is 11.1 Å². The number of nitrogens with one attached hydrogen (secondary N) is 1. The van der Waals surface area contributed by atoms with Crippen LogP contribution in [0.1, 0.15) is 12.5 Å². The lowest BCUT2D eigenvalue weighted by atomic mass is 9.92. The number of carbonyl (C=O) groups is 1. The monoisotopic (exact) mass is 290 g/mol. The molecule has 0 aromatic heterocycles. The average molecular weight is 290 g/mol. The molecule has 2 rings (SSSR count). The maximum absolute atomic E-state index is 12.4. The predicted octanol–water partition coefficient (Wildman–Crippen LogP) is 0.223. The molecule has 0 radical (unpaired) electrons. The minimum atomic E-state index is -1.000. The van der Waals surface area contributed by atoms with E-state index in [2.05, 4.69) is 29.2 Å². The van der Waals surface area contributed by atoms with E-state index in [-0.39, 0.29) is 5.91 Å². The minimum absolute atomic E-state index is 0.129. The van der Waals surface area contributed by atoms with Gasteiger partial charge < -0.3 is 16.0 Å². The maximum atomic E-state index is 12.4. The van der Waals surface area contributed by atoms with E-state index in [9.17, 15) is 4.79 Å². The molecule has 5 heteroatoms. The van der Waals surface area contributed by atoms with Crippen LogP contribution in [-0.4, -0.2) is 62.0 Å². The van der Waals surface area contributed by atoms with Gasteiger partial charge in [-0.2, -0.15) is 0 Å². The van der Waals surface area contributed by atoms with Gasteiger partial charge in [-0.1, -0.05) is 30.3 Å². The molecule has 0 aliphatic carbocycles. The molecule has 1 amide bonds. The van der Waals surface area contributed by atoms with E-state index in [1.54, 1.807) is 6.92 Å². The molecule has 3 N–H and O–H groups in total. The Labute approximate surface area is 127 Å². The van der Waals surface area contributed by atoms with Crippen LogP contribution in [0.25, 0.3) is 0 Å². The molecule has 116 valence electrons. The smallest absolute Gasteiger partial charge is 0.244 e. The highest BCUT2D eigenvalue weighted by Gasteiger charge is 2.31. The Bertz CT molecular complexity index is 474. The predicted molar refractivity (Wildman–Crippen MR) is 84.9 cm³/mol.